The minimum Gasteiger partial charge on any atom is -0.496 e. The normalized spacial score (nSPS) is 10.7. The molecule has 2 nitrogen and oxygen atoms in total. The van der Waals surface area contributed by atoms with Gasteiger partial charge in [0.25, 0.3) is 0 Å². The lowest BCUT2D eigenvalue weighted by atomic mass is 9.98. The molecule has 3 heteroatoms. The van der Waals surface area contributed by atoms with Crippen LogP contribution in [0.25, 0.3) is 0 Å². The van der Waals surface area contributed by atoms with Crippen molar-refractivity contribution in [1.82, 2.24) is 5.32 Å². The van der Waals surface area contributed by atoms with Crippen LogP contribution in [0.15, 0.2) is 18.2 Å². The highest BCUT2D eigenvalue weighted by Gasteiger charge is 2.06. The summed E-state index contributed by atoms with van der Waals surface area (Å²) in [6, 6.07) is 5.65. The van der Waals surface area contributed by atoms with E-state index in [0.717, 1.165) is 11.3 Å². The number of benzene rings is 1. The highest BCUT2D eigenvalue weighted by Crippen LogP contribution is 2.25. The predicted molar refractivity (Wildman–Crippen MR) is 76.9 cm³/mol. The Hall–Kier alpha value is -1.17. The molecule has 1 aromatic rings. The fourth-order valence-electron chi connectivity index (χ4n) is 1.46. The average molecular weight is 266 g/mol. The van der Waals surface area contributed by atoms with E-state index in [9.17, 15) is 0 Å². The van der Waals surface area contributed by atoms with Crippen LogP contribution in [0, 0.1) is 17.3 Å². The van der Waals surface area contributed by atoms with Crippen LogP contribution in [-0.2, 0) is 6.54 Å². The van der Waals surface area contributed by atoms with Crippen molar-refractivity contribution in [2.45, 2.75) is 27.3 Å². The Balaban J connectivity index is 2.56. The van der Waals surface area contributed by atoms with Gasteiger partial charge in [0.15, 0.2) is 0 Å². The lowest BCUT2D eigenvalue weighted by molar-refractivity contribution is 0.408. The maximum atomic E-state index is 6.14. The summed E-state index contributed by atoms with van der Waals surface area (Å²) in [5.41, 5.74) is 1.02. The Bertz CT molecular complexity index is 452. The van der Waals surface area contributed by atoms with Crippen LogP contribution < -0.4 is 10.1 Å². The quantitative estimate of drug-likeness (QED) is 0.665. The zero-order chi connectivity index (χ0) is 13.6. The van der Waals surface area contributed by atoms with E-state index in [2.05, 4.69) is 37.9 Å². The van der Waals surface area contributed by atoms with Crippen LogP contribution in [0.1, 0.15) is 26.3 Å². The summed E-state index contributed by atoms with van der Waals surface area (Å²) in [5.74, 6) is 7.09. The van der Waals surface area contributed by atoms with Gasteiger partial charge in [-0.05, 0) is 32.9 Å². The van der Waals surface area contributed by atoms with Gasteiger partial charge in [-0.25, -0.2) is 0 Å². The zero-order valence-electron chi connectivity index (χ0n) is 11.4. The Morgan fingerprint density at radius 1 is 1.33 bits per heavy atom. The summed E-state index contributed by atoms with van der Waals surface area (Å²) in [6.07, 6.45) is 0. The Labute approximate surface area is 115 Å². The molecule has 18 heavy (non-hydrogen) atoms. The third-order valence-corrected chi connectivity index (χ3v) is 2.63. The molecule has 0 aromatic heterocycles. The summed E-state index contributed by atoms with van der Waals surface area (Å²) in [5, 5.41) is 3.97. The third-order valence-electron chi connectivity index (χ3n) is 2.27. The first kappa shape index (κ1) is 14.9. The summed E-state index contributed by atoms with van der Waals surface area (Å²) in [4.78, 5) is 0. The van der Waals surface area contributed by atoms with Crippen LogP contribution in [0.2, 0.25) is 5.02 Å². The van der Waals surface area contributed by atoms with Gasteiger partial charge < -0.3 is 10.1 Å². The average Bonchev–Trinajstić information content (AvgIpc) is 2.29. The van der Waals surface area contributed by atoms with Gasteiger partial charge >= 0.3 is 0 Å². The zero-order valence-corrected chi connectivity index (χ0v) is 12.2. The van der Waals surface area contributed by atoms with Crippen LogP contribution in [-0.4, -0.2) is 13.7 Å². The molecule has 0 saturated heterocycles. The number of methoxy groups -OCH3 is 1. The van der Waals surface area contributed by atoms with E-state index in [-0.39, 0.29) is 5.41 Å². The van der Waals surface area contributed by atoms with Crippen molar-refractivity contribution in [2.24, 2.45) is 5.41 Å². The number of halogens is 1. The largest absolute Gasteiger partial charge is 0.496 e. The molecule has 0 bridgehead atoms. The molecule has 1 N–H and O–H groups in total. The van der Waals surface area contributed by atoms with E-state index in [0.29, 0.717) is 18.1 Å². The summed E-state index contributed by atoms with van der Waals surface area (Å²) in [7, 11) is 1.65. The number of nitrogens with one attached hydrogen (secondary N) is 1. The van der Waals surface area contributed by atoms with E-state index in [1.54, 1.807) is 7.11 Å². The maximum Gasteiger partial charge on any atom is 0.124 e. The molecule has 98 valence electrons. The van der Waals surface area contributed by atoms with Crippen molar-refractivity contribution < 1.29 is 4.74 Å². The molecule has 1 aromatic carbocycles. The van der Waals surface area contributed by atoms with Gasteiger partial charge in [0.1, 0.15) is 5.75 Å². The van der Waals surface area contributed by atoms with Gasteiger partial charge in [-0.3, -0.25) is 0 Å². The molecule has 0 heterocycles. The molecule has 0 aliphatic rings. The number of hydrogen-bond acceptors (Lipinski definition) is 2. The fraction of sp³-hybridized carbons (Fsp3) is 0.467. The molecule has 0 spiro atoms. The van der Waals surface area contributed by atoms with Gasteiger partial charge in [0.2, 0.25) is 0 Å². The summed E-state index contributed by atoms with van der Waals surface area (Å²) in [6.45, 7) is 7.58. The smallest absolute Gasteiger partial charge is 0.124 e. The first-order valence-electron chi connectivity index (χ1n) is 5.96. The predicted octanol–water partition coefficient (Wildman–Crippen LogP) is 3.49. The Morgan fingerprint density at radius 2 is 2.06 bits per heavy atom. The summed E-state index contributed by atoms with van der Waals surface area (Å²) < 4.78 is 5.28. The first-order valence-corrected chi connectivity index (χ1v) is 6.34. The molecule has 0 atom stereocenters. The number of ether oxygens (including phenoxy) is 1. The molecule has 0 aliphatic heterocycles. The minimum absolute atomic E-state index is 0.0454. The molecule has 0 radical (unpaired) electrons. The molecule has 0 aliphatic carbocycles. The molecule has 0 fully saturated rings. The molecule has 0 amide bonds. The van der Waals surface area contributed by atoms with Crippen LogP contribution in [0.3, 0.4) is 0 Å². The van der Waals surface area contributed by atoms with Gasteiger partial charge in [-0.15, -0.1) is 0 Å². The van der Waals surface area contributed by atoms with E-state index in [4.69, 9.17) is 16.3 Å². The van der Waals surface area contributed by atoms with E-state index in [1.165, 1.54) is 0 Å². The molecule has 0 unspecified atom stereocenters. The highest BCUT2D eigenvalue weighted by molar-refractivity contribution is 6.31. The third kappa shape index (κ3) is 5.00. The lowest BCUT2D eigenvalue weighted by Gasteiger charge is -2.10. The van der Waals surface area contributed by atoms with Crippen molar-refractivity contribution >= 4 is 11.6 Å². The van der Waals surface area contributed by atoms with Crippen molar-refractivity contribution in [3.05, 3.63) is 28.8 Å². The molecule has 1 rings (SSSR count). The van der Waals surface area contributed by atoms with Crippen LogP contribution in [0.5, 0.6) is 5.75 Å². The maximum absolute atomic E-state index is 6.14. The van der Waals surface area contributed by atoms with E-state index < -0.39 is 0 Å². The standard InChI is InChI=1S/C15H20ClNO/c1-15(2,3)9-6-10-17-11-12-13(16)7-5-8-14(12)18-4/h5,7-8,17H,10-11H2,1-4H3. The van der Waals surface area contributed by atoms with Crippen LogP contribution in [0.4, 0.5) is 0 Å². The topological polar surface area (TPSA) is 21.3 Å². The molecular weight excluding hydrogens is 246 g/mol. The molecule has 0 saturated carbocycles. The monoisotopic (exact) mass is 265 g/mol. The van der Waals surface area contributed by atoms with Gasteiger partial charge in [-0.2, -0.15) is 0 Å². The number of hydrogen-bond donors (Lipinski definition) is 1. The Morgan fingerprint density at radius 3 is 2.67 bits per heavy atom. The fourth-order valence-corrected chi connectivity index (χ4v) is 1.69. The Kier molecular flexibility index (Phi) is 5.53. The second-order valence-electron chi connectivity index (χ2n) is 5.08. The van der Waals surface area contributed by atoms with Gasteiger partial charge in [0, 0.05) is 22.5 Å². The van der Waals surface area contributed by atoms with Crippen molar-refractivity contribution in [1.29, 1.82) is 0 Å². The van der Waals surface area contributed by atoms with E-state index >= 15 is 0 Å². The number of rotatable bonds is 4. The SMILES string of the molecule is COc1cccc(Cl)c1CNCC#CC(C)(C)C. The summed E-state index contributed by atoms with van der Waals surface area (Å²) >= 11 is 6.14. The molecular formula is C15H20ClNO. The second-order valence-corrected chi connectivity index (χ2v) is 5.48. The highest BCUT2D eigenvalue weighted by atomic mass is 35.5. The van der Waals surface area contributed by atoms with Gasteiger partial charge in [-0.1, -0.05) is 29.5 Å². The van der Waals surface area contributed by atoms with E-state index in [1.807, 2.05) is 18.2 Å². The first-order chi connectivity index (χ1) is 8.44. The lowest BCUT2D eigenvalue weighted by Crippen LogP contribution is -2.15. The van der Waals surface area contributed by atoms with Crippen molar-refractivity contribution in [3.8, 4) is 17.6 Å². The van der Waals surface area contributed by atoms with Crippen molar-refractivity contribution in [2.75, 3.05) is 13.7 Å². The minimum atomic E-state index is 0.0454. The second kappa shape index (κ2) is 6.68. The van der Waals surface area contributed by atoms with Gasteiger partial charge in [0.05, 0.1) is 13.7 Å². The van der Waals surface area contributed by atoms with Crippen LogP contribution >= 0.6 is 11.6 Å². The van der Waals surface area contributed by atoms with Crippen molar-refractivity contribution in [3.63, 3.8) is 0 Å².